The number of hydrogen-bond acceptors (Lipinski definition) is 4. The van der Waals surface area contributed by atoms with Crippen LogP contribution >= 0.6 is 0 Å². The van der Waals surface area contributed by atoms with Gasteiger partial charge in [-0.25, -0.2) is 9.67 Å². The maximum atomic E-state index is 11.8. The average molecular weight is 273 g/mol. The lowest BCUT2D eigenvalue weighted by Crippen LogP contribution is -2.41. The zero-order chi connectivity index (χ0) is 14.6. The Morgan fingerprint density at radius 3 is 2.70 bits per heavy atom. The number of rotatable bonds is 4. The predicted molar refractivity (Wildman–Crippen MR) is 77.7 cm³/mol. The first-order valence-electron chi connectivity index (χ1n) is 6.45. The molecule has 6 nitrogen and oxygen atoms in total. The van der Waals surface area contributed by atoms with Crippen LogP contribution in [-0.2, 0) is 4.79 Å². The van der Waals surface area contributed by atoms with Gasteiger partial charge >= 0.3 is 0 Å². The van der Waals surface area contributed by atoms with E-state index in [-0.39, 0.29) is 18.0 Å². The molecule has 0 saturated carbocycles. The van der Waals surface area contributed by atoms with Gasteiger partial charge in [0, 0.05) is 17.9 Å². The van der Waals surface area contributed by atoms with E-state index in [4.69, 9.17) is 0 Å². The number of aromatic nitrogens is 3. The third kappa shape index (κ3) is 4.17. The molecule has 2 aromatic rings. The molecule has 2 rings (SSSR count). The lowest BCUT2D eigenvalue weighted by molar-refractivity contribution is -0.115. The van der Waals surface area contributed by atoms with Gasteiger partial charge in [-0.2, -0.15) is 5.10 Å². The molecule has 2 heterocycles. The molecule has 6 heteroatoms. The lowest BCUT2D eigenvalue weighted by atomic mass is 10.1. The van der Waals surface area contributed by atoms with Gasteiger partial charge in [0.2, 0.25) is 5.91 Å². The van der Waals surface area contributed by atoms with Crippen molar-refractivity contribution in [2.75, 3.05) is 11.9 Å². The van der Waals surface area contributed by atoms with E-state index < -0.39 is 0 Å². The van der Waals surface area contributed by atoms with E-state index >= 15 is 0 Å². The third-order valence-electron chi connectivity index (χ3n) is 2.55. The van der Waals surface area contributed by atoms with Crippen molar-refractivity contribution in [1.82, 2.24) is 20.1 Å². The number of anilines is 1. The van der Waals surface area contributed by atoms with Crippen LogP contribution in [0, 0.1) is 0 Å². The van der Waals surface area contributed by atoms with E-state index in [0.29, 0.717) is 11.5 Å². The topological polar surface area (TPSA) is 71.8 Å². The highest BCUT2D eigenvalue weighted by atomic mass is 16.1. The fourth-order valence-electron chi connectivity index (χ4n) is 1.55. The van der Waals surface area contributed by atoms with E-state index in [2.05, 4.69) is 20.7 Å². The summed E-state index contributed by atoms with van der Waals surface area (Å²) in [6, 6.07) is 5.44. The molecule has 0 atom stereocenters. The molecular weight excluding hydrogens is 254 g/mol. The second-order valence-corrected chi connectivity index (χ2v) is 5.51. The monoisotopic (exact) mass is 273 g/mol. The van der Waals surface area contributed by atoms with Crippen molar-refractivity contribution < 1.29 is 4.79 Å². The maximum absolute atomic E-state index is 11.8. The Hall–Kier alpha value is -2.21. The van der Waals surface area contributed by atoms with Crippen molar-refractivity contribution in [3.05, 3.63) is 36.8 Å². The van der Waals surface area contributed by atoms with Gasteiger partial charge < -0.3 is 10.6 Å². The van der Waals surface area contributed by atoms with E-state index in [1.54, 1.807) is 29.2 Å². The van der Waals surface area contributed by atoms with E-state index in [1.807, 2.05) is 33.0 Å². The molecule has 0 saturated heterocycles. The molecule has 1 amide bonds. The standard InChI is InChI=1S/C14H19N5O/c1-14(2,3)16-10-13(20)18-11-5-6-12(15-9-11)19-8-4-7-17-19/h4-9,16H,10H2,1-3H3,(H,18,20). The smallest absolute Gasteiger partial charge is 0.238 e. The molecule has 0 radical (unpaired) electrons. The zero-order valence-electron chi connectivity index (χ0n) is 11.9. The first-order chi connectivity index (χ1) is 9.44. The van der Waals surface area contributed by atoms with Crippen LogP contribution in [0.5, 0.6) is 0 Å². The summed E-state index contributed by atoms with van der Waals surface area (Å²) in [5.74, 6) is 0.620. The fourth-order valence-corrected chi connectivity index (χ4v) is 1.55. The van der Waals surface area contributed by atoms with Gasteiger partial charge in [0.15, 0.2) is 5.82 Å². The van der Waals surface area contributed by atoms with Gasteiger partial charge in [0.05, 0.1) is 18.4 Å². The molecule has 0 aliphatic heterocycles. The zero-order valence-corrected chi connectivity index (χ0v) is 11.9. The summed E-state index contributed by atoms with van der Waals surface area (Å²) >= 11 is 0. The molecule has 20 heavy (non-hydrogen) atoms. The van der Waals surface area contributed by atoms with Gasteiger partial charge in [-0.15, -0.1) is 0 Å². The SMILES string of the molecule is CC(C)(C)NCC(=O)Nc1ccc(-n2cccn2)nc1. The highest BCUT2D eigenvalue weighted by Crippen LogP contribution is 2.08. The number of carbonyl (C=O) groups excluding carboxylic acids is 1. The molecule has 0 bridgehead atoms. The van der Waals surface area contributed by atoms with E-state index in [1.165, 1.54) is 0 Å². The third-order valence-corrected chi connectivity index (χ3v) is 2.55. The average Bonchev–Trinajstić information content (AvgIpc) is 2.90. The number of nitrogens with zero attached hydrogens (tertiary/aromatic N) is 3. The van der Waals surface area contributed by atoms with Gasteiger partial charge in [-0.1, -0.05) is 0 Å². The Balaban J connectivity index is 1.92. The largest absolute Gasteiger partial charge is 0.324 e. The molecule has 2 N–H and O–H groups in total. The quantitative estimate of drug-likeness (QED) is 0.887. The summed E-state index contributed by atoms with van der Waals surface area (Å²) in [5.41, 5.74) is 0.584. The van der Waals surface area contributed by atoms with Crippen LogP contribution < -0.4 is 10.6 Å². The first kappa shape index (κ1) is 14.2. The van der Waals surface area contributed by atoms with Gasteiger partial charge in [-0.3, -0.25) is 4.79 Å². The molecular formula is C14H19N5O. The van der Waals surface area contributed by atoms with Gasteiger partial charge in [-0.05, 0) is 39.0 Å². The van der Waals surface area contributed by atoms with Crippen molar-refractivity contribution in [2.45, 2.75) is 26.3 Å². The molecule has 0 aliphatic carbocycles. The van der Waals surface area contributed by atoms with Crippen molar-refractivity contribution in [1.29, 1.82) is 0 Å². The predicted octanol–water partition coefficient (Wildman–Crippen LogP) is 1.59. The molecule has 2 aromatic heterocycles. The Labute approximate surface area is 118 Å². The lowest BCUT2D eigenvalue weighted by Gasteiger charge is -2.19. The summed E-state index contributed by atoms with van der Waals surface area (Å²) in [6.07, 6.45) is 5.12. The van der Waals surface area contributed by atoms with Crippen molar-refractivity contribution in [2.24, 2.45) is 0 Å². The highest BCUT2D eigenvalue weighted by Gasteiger charge is 2.11. The molecule has 106 valence electrons. The van der Waals surface area contributed by atoms with Crippen LogP contribution in [0.15, 0.2) is 36.8 Å². The molecule has 0 spiro atoms. The van der Waals surface area contributed by atoms with Crippen LogP contribution in [0.4, 0.5) is 5.69 Å². The minimum absolute atomic E-state index is 0.0838. The Morgan fingerprint density at radius 1 is 1.35 bits per heavy atom. The van der Waals surface area contributed by atoms with Gasteiger partial charge in [0.1, 0.15) is 0 Å². The second-order valence-electron chi connectivity index (χ2n) is 5.51. The highest BCUT2D eigenvalue weighted by molar-refractivity contribution is 5.92. The summed E-state index contributed by atoms with van der Waals surface area (Å²) in [6.45, 7) is 6.31. The molecule has 0 aromatic carbocycles. The summed E-state index contributed by atoms with van der Waals surface area (Å²) in [7, 11) is 0. The van der Waals surface area contributed by atoms with E-state index in [0.717, 1.165) is 0 Å². The minimum atomic E-state index is -0.0893. The van der Waals surface area contributed by atoms with Crippen LogP contribution in [-0.4, -0.2) is 32.8 Å². The minimum Gasteiger partial charge on any atom is -0.324 e. The van der Waals surface area contributed by atoms with Crippen LogP contribution in [0.1, 0.15) is 20.8 Å². The van der Waals surface area contributed by atoms with Gasteiger partial charge in [0.25, 0.3) is 0 Å². The van der Waals surface area contributed by atoms with Crippen molar-refractivity contribution in [3.8, 4) is 5.82 Å². The first-order valence-corrected chi connectivity index (χ1v) is 6.45. The summed E-state index contributed by atoms with van der Waals surface area (Å²) < 4.78 is 1.66. The Kier molecular flexibility index (Phi) is 4.14. The molecule has 0 unspecified atom stereocenters. The maximum Gasteiger partial charge on any atom is 0.238 e. The second kappa shape index (κ2) is 5.83. The normalized spacial score (nSPS) is 11.3. The number of nitrogens with one attached hydrogen (secondary N) is 2. The number of pyridine rings is 1. The molecule has 0 aliphatic rings. The van der Waals surface area contributed by atoms with Crippen LogP contribution in [0.25, 0.3) is 5.82 Å². The van der Waals surface area contributed by atoms with Crippen molar-refractivity contribution >= 4 is 11.6 Å². The molecule has 0 fully saturated rings. The van der Waals surface area contributed by atoms with E-state index in [9.17, 15) is 4.79 Å². The number of amides is 1. The summed E-state index contributed by atoms with van der Waals surface area (Å²) in [4.78, 5) is 16.0. The Morgan fingerprint density at radius 2 is 2.15 bits per heavy atom. The number of carbonyl (C=O) groups is 1. The fraction of sp³-hybridized carbons (Fsp3) is 0.357. The van der Waals surface area contributed by atoms with Crippen LogP contribution in [0.3, 0.4) is 0 Å². The van der Waals surface area contributed by atoms with Crippen LogP contribution in [0.2, 0.25) is 0 Å². The Bertz CT molecular complexity index is 554. The van der Waals surface area contributed by atoms with Crippen molar-refractivity contribution in [3.63, 3.8) is 0 Å². The number of hydrogen-bond donors (Lipinski definition) is 2. The summed E-state index contributed by atoms with van der Waals surface area (Å²) in [5, 5.41) is 10.0.